The number of unbranched alkanes of at least 4 members (excludes halogenated alkanes) is 8. The van der Waals surface area contributed by atoms with Crippen LogP contribution in [0.3, 0.4) is 0 Å². The van der Waals surface area contributed by atoms with Crippen LogP contribution in [-0.4, -0.2) is 37.6 Å². The molecule has 0 amide bonds. The number of aryl methyl sites for hydroxylation is 2. The van der Waals surface area contributed by atoms with Crippen molar-refractivity contribution in [1.29, 1.82) is 0 Å². The first-order chi connectivity index (χ1) is 27.4. The largest absolute Gasteiger partial charge is 0.490 e. The van der Waals surface area contributed by atoms with Crippen molar-refractivity contribution in [3.63, 3.8) is 0 Å². The van der Waals surface area contributed by atoms with Crippen LogP contribution in [0.1, 0.15) is 233 Å². The molecule has 4 heteroatoms. The van der Waals surface area contributed by atoms with Gasteiger partial charge in [-0.05, 0) is 85.2 Å². The van der Waals surface area contributed by atoms with E-state index in [1.165, 1.54) is 110 Å². The predicted molar refractivity (Wildman–Crippen MR) is 249 cm³/mol. The zero-order valence-electron chi connectivity index (χ0n) is 40.4. The second-order valence-corrected chi connectivity index (χ2v) is 21.3. The highest BCUT2D eigenvalue weighted by Gasteiger charge is 2.39. The second-order valence-electron chi connectivity index (χ2n) is 21.3. The first-order valence-corrected chi connectivity index (χ1v) is 24.3. The molecule has 2 aromatic rings. The van der Waals surface area contributed by atoms with Crippen LogP contribution in [0.5, 0.6) is 11.5 Å². The second kappa shape index (κ2) is 21.7. The van der Waals surface area contributed by atoms with Crippen LogP contribution in [0.25, 0.3) is 0 Å². The van der Waals surface area contributed by atoms with Gasteiger partial charge in [0.2, 0.25) is 0 Å². The molecule has 4 atom stereocenters. The molecule has 2 aromatic carbocycles. The summed E-state index contributed by atoms with van der Waals surface area (Å²) in [5.74, 6) is 2.27. The van der Waals surface area contributed by atoms with Crippen LogP contribution >= 0.6 is 0 Å². The highest BCUT2D eigenvalue weighted by atomic mass is 16.6. The van der Waals surface area contributed by atoms with E-state index in [4.69, 9.17) is 18.9 Å². The zero-order chi connectivity index (χ0) is 42.7. The lowest BCUT2D eigenvalue weighted by Crippen LogP contribution is -2.26. The average molecular weight is 803 g/mol. The van der Waals surface area contributed by atoms with E-state index in [9.17, 15) is 0 Å². The normalized spacial score (nSPS) is 19.8. The minimum Gasteiger partial charge on any atom is -0.490 e. The Morgan fingerprint density at radius 3 is 0.879 bits per heavy atom. The first kappa shape index (κ1) is 48.6. The van der Waals surface area contributed by atoms with Gasteiger partial charge in [-0.1, -0.05) is 184 Å². The van der Waals surface area contributed by atoms with E-state index in [1.807, 2.05) is 0 Å². The summed E-state index contributed by atoms with van der Waals surface area (Å²) in [4.78, 5) is 0. The van der Waals surface area contributed by atoms with Crippen LogP contribution in [0.15, 0.2) is 24.3 Å². The molecule has 0 spiro atoms. The fourth-order valence-corrected chi connectivity index (χ4v) is 9.22. The van der Waals surface area contributed by atoms with Crippen LogP contribution < -0.4 is 9.47 Å². The Labute approximate surface area is 358 Å². The summed E-state index contributed by atoms with van der Waals surface area (Å²) in [5.41, 5.74) is 8.44. The van der Waals surface area contributed by atoms with Crippen molar-refractivity contribution in [2.75, 3.05) is 13.2 Å². The molecule has 0 saturated carbocycles. The number of epoxide rings is 2. The van der Waals surface area contributed by atoms with Gasteiger partial charge in [0.1, 0.15) is 36.9 Å². The average Bonchev–Trinajstić information content (AvgIpc) is 4.08. The summed E-state index contributed by atoms with van der Waals surface area (Å²) in [6.45, 7) is 34.5. The maximum atomic E-state index is 6.97. The Balaban J connectivity index is 1.84. The third kappa shape index (κ3) is 13.7. The zero-order valence-corrected chi connectivity index (χ0v) is 40.4. The molecular formula is C54H90O4. The van der Waals surface area contributed by atoms with Gasteiger partial charge >= 0.3 is 0 Å². The number of ether oxygens (including phenoxy) is 4. The molecule has 4 unspecified atom stereocenters. The fourth-order valence-electron chi connectivity index (χ4n) is 9.22. The molecular weight excluding hydrogens is 713 g/mol. The number of hydrogen-bond acceptors (Lipinski definition) is 4. The molecule has 0 N–H and O–H groups in total. The SMILES string of the molecule is CCCCCC(C)(C)c1cc(CCc2cc(C(C)(C)CCCCC)c(OCC3OC3C)c(C(C)(C)CCCCC)c2)cc(C(C)(C)CCCCC)c1OCC1OC1C. The lowest BCUT2D eigenvalue weighted by atomic mass is 9.72. The molecule has 58 heavy (non-hydrogen) atoms. The minimum absolute atomic E-state index is 0.00208. The minimum atomic E-state index is -0.00208. The molecule has 0 aromatic heterocycles. The smallest absolute Gasteiger partial charge is 0.126 e. The van der Waals surface area contributed by atoms with E-state index in [0.29, 0.717) is 13.2 Å². The maximum Gasteiger partial charge on any atom is 0.126 e. The van der Waals surface area contributed by atoms with Gasteiger partial charge in [-0.15, -0.1) is 0 Å². The molecule has 4 nitrogen and oxygen atoms in total. The topological polar surface area (TPSA) is 43.5 Å². The number of rotatable bonds is 29. The van der Waals surface area contributed by atoms with Gasteiger partial charge < -0.3 is 18.9 Å². The van der Waals surface area contributed by atoms with E-state index in [-0.39, 0.29) is 46.1 Å². The van der Waals surface area contributed by atoms with Crippen molar-refractivity contribution in [2.24, 2.45) is 0 Å². The molecule has 0 radical (unpaired) electrons. The van der Waals surface area contributed by atoms with Crippen LogP contribution in [0.4, 0.5) is 0 Å². The summed E-state index contributed by atoms with van der Waals surface area (Å²) >= 11 is 0. The monoisotopic (exact) mass is 803 g/mol. The molecule has 4 rings (SSSR count). The van der Waals surface area contributed by atoms with E-state index >= 15 is 0 Å². The van der Waals surface area contributed by atoms with Crippen molar-refractivity contribution < 1.29 is 18.9 Å². The Hall–Kier alpha value is -2.04. The van der Waals surface area contributed by atoms with Crippen molar-refractivity contribution >= 4 is 0 Å². The van der Waals surface area contributed by atoms with Gasteiger partial charge in [-0.3, -0.25) is 0 Å². The third-order valence-corrected chi connectivity index (χ3v) is 14.0. The first-order valence-electron chi connectivity index (χ1n) is 24.3. The summed E-state index contributed by atoms with van der Waals surface area (Å²) < 4.78 is 25.7. The molecule has 2 saturated heterocycles. The van der Waals surface area contributed by atoms with Crippen molar-refractivity contribution in [2.45, 2.75) is 259 Å². The van der Waals surface area contributed by atoms with Crippen LogP contribution in [0, 0.1) is 0 Å². The van der Waals surface area contributed by atoms with Crippen LogP contribution in [-0.2, 0) is 44.0 Å². The van der Waals surface area contributed by atoms with Crippen molar-refractivity contribution in [3.05, 3.63) is 57.6 Å². The van der Waals surface area contributed by atoms with E-state index in [0.717, 1.165) is 50.0 Å². The van der Waals surface area contributed by atoms with Gasteiger partial charge in [-0.25, -0.2) is 0 Å². The number of benzene rings is 2. The van der Waals surface area contributed by atoms with Gasteiger partial charge in [0, 0.05) is 22.3 Å². The van der Waals surface area contributed by atoms with Gasteiger partial charge in [0.05, 0.1) is 12.2 Å². The molecule has 2 aliphatic heterocycles. The standard InChI is InChI=1S/C54H90O4/c1-15-19-23-29-51(7,8)43-33-41(34-44(52(9,10)30-24-20-16-2)49(43)55-37-47-39(5)57-47)27-28-42-35-45(53(11,12)31-25-21-17-3)50(56-38-48-40(6)58-48)46(36-42)54(13,14)32-26-22-18-4/h33-36,39-40,47-48H,15-32,37-38H2,1-14H3. The Morgan fingerprint density at radius 2 is 0.672 bits per heavy atom. The van der Waals surface area contributed by atoms with Crippen molar-refractivity contribution in [1.82, 2.24) is 0 Å². The van der Waals surface area contributed by atoms with Gasteiger partial charge in [0.15, 0.2) is 0 Å². The molecule has 2 heterocycles. The molecule has 0 bridgehead atoms. The van der Waals surface area contributed by atoms with Gasteiger partial charge in [0.25, 0.3) is 0 Å². The molecule has 0 aliphatic carbocycles. The van der Waals surface area contributed by atoms with Crippen molar-refractivity contribution in [3.8, 4) is 11.5 Å². The summed E-state index contributed by atoms with van der Waals surface area (Å²) in [6, 6.07) is 10.2. The molecule has 2 aliphatic rings. The Kier molecular flexibility index (Phi) is 18.2. The lowest BCUT2D eigenvalue weighted by molar-refractivity contribution is 0.247. The number of hydrogen-bond donors (Lipinski definition) is 0. The van der Waals surface area contributed by atoms with E-state index in [1.54, 1.807) is 0 Å². The Morgan fingerprint density at radius 1 is 0.431 bits per heavy atom. The van der Waals surface area contributed by atoms with E-state index < -0.39 is 0 Å². The summed E-state index contributed by atoms with van der Waals surface area (Å²) in [7, 11) is 0. The fraction of sp³-hybridized carbons (Fsp3) is 0.778. The van der Waals surface area contributed by atoms with Gasteiger partial charge in [-0.2, -0.15) is 0 Å². The lowest BCUT2D eigenvalue weighted by Gasteiger charge is -2.35. The summed E-state index contributed by atoms with van der Waals surface area (Å²) in [5, 5.41) is 0. The summed E-state index contributed by atoms with van der Waals surface area (Å²) in [6.07, 6.45) is 22.5. The highest BCUT2D eigenvalue weighted by Crippen LogP contribution is 2.47. The van der Waals surface area contributed by atoms with Crippen LogP contribution in [0.2, 0.25) is 0 Å². The quantitative estimate of drug-likeness (QED) is 0.0607. The molecule has 2 fully saturated rings. The Bertz CT molecular complexity index is 1350. The van der Waals surface area contributed by atoms with E-state index in [2.05, 4.69) is 121 Å². The maximum absolute atomic E-state index is 6.97. The highest BCUT2D eigenvalue weighted by molar-refractivity contribution is 5.53. The predicted octanol–water partition coefficient (Wildman–Crippen LogP) is 15.2. The molecule has 330 valence electrons. The third-order valence-electron chi connectivity index (χ3n) is 14.0.